The number of ether oxygens (including phenoxy) is 1. The number of hydrogen-bond donors (Lipinski definition) is 3. The summed E-state index contributed by atoms with van der Waals surface area (Å²) in [4.78, 5) is 17.6. The molecule has 3 heterocycles. The lowest BCUT2D eigenvalue weighted by Gasteiger charge is -2.05. The number of methoxy groups -OCH3 is 1. The van der Waals surface area contributed by atoms with Gasteiger partial charge in [-0.1, -0.05) is 34.8 Å². The minimum Gasteiger partial charge on any atom is -0.497 e. The van der Waals surface area contributed by atoms with Crippen molar-refractivity contribution in [3.63, 3.8) is 0 Å². The highest BCUT2D eigenvalue weighted by atomic mass is 35.5. The highest BCUT2D eigenvalue weighted by Crippen LogP contribution is 2.34. The molecule has 1 aromatic carbocycles. The molecular formula is C17H14Cl3N7O3S. The molecule has 162 valence electrons. The third-order valence-corrected chi connectivity index (χ3v) is 6.68. The lowest BCUT2D eigenvalue weighted by molar-refractivity contribution is 0.414. The number of H-pyrrole nitrogens is 1. The van der Waals surface area contributed by atoms with Crippen molar-refractivity contribution in [3.05, 3.63) is 52.4 Å². The van der Waals surface area contributed by atoms with Crippen molar-refractivity contribution < 1.29 is 13.2 Å². The molecule has 31 heavy (non-hydrogen) atoms. The SMILES string of the molecule is COc1ccc(S(=O)(=O)c2c(N)[nH]c3c(Cl)ncnc23)cc1.Nc1c(Cl)ncnc1Cl. The number of hydrogen-bond acceptors (Lipinski definition) is 9. The zero-order valence-electron chi connectivity index (χ0n) is 15.7. The van der Waals surface area contributed by atoms with E-state index in [2.05, 4.69) is 24.9 Å². The van der Waals surface area contributed by atoms with Crippen molar-refractivity contribution in [1.82, 2.24) is 24.9 Å². The molecule has 0 saturated heterocycles. The first-order valence-corrected chi connectivity index (χ1v) is 10.9. The van der Waals surface area contributed by atoms with Gasteiger partial charge in [-0.25, -0.2) is 28.4 Å². The van der Waals surface area contributed by atoms with E-state index in [4.69, 9.17) is 51.0 Å². The van der Waals surface area contributed by atoms with Gasteiger partial charge < -0.3 is 21.2 Å². The molecule has 0 unspecified atom stereocenters. The Hall–Kier alpha value is -2.86. The van der Waals surface area contributed by atoms with Crippen LogP contribution in [0.3, 0.4) is 0 Å². The van der Waals surface area contributed by atoms with E-state index in [1.807, 2.05) is 0 Å². The first-order valence-electron chi connectivity index (χ1n) is 8.25. The Morgan fingerprint density at radius 2 is 1.45 bits per heavy atom. The number of nitrogen functional groups attached to an aromatic ring is 2. The quantitative estimate of drug-likeness (QED) is 0.356. The Morgan fingerprint density at radius 1 is 0.903 bits per heavy atom. The molecule has 14 heteroatoms. The lowest BCUT2D eigenvalue weighted by atomic mass is 10.3. The summed E-state index contributed by atoms with van der Waals surface area (Å²) in [5, 5.41) is 0.484. The molecule has 0 aliphatic carbocycles. The molecule has 0 spiro atoms. The van der Waals surface area contributed by atoms with E-state index in [1.54, 1.807) is 12.1 Å². The number of benzene rings is 1. The maximum atomic E-state index is 12.8. The van der Waals surface area contributed by atoms with Crippen LogP contribution >= 0.6 is 34.8 Å². The highest BCUT2D eigenvalue weighted by Gasteiger charge is 2.27. The number of aromatic amines is 1. The fourth-order valence-corrected chi connectivity index (χ4v) is 4.44. The molecule has 0 fully saturated rings. The number of nitrogens with two attached hydrogens (primary N) is 2. The Bertz CT molecular complexity index is 1330. The molecule has 0 aliphatic heterocycles. The van der Waals surface area contributed by atoms with Crippen LogP contribution in [0.25, 0.3) is 11.0 Å². The average Bonchev–Trinajstić information content (AvgIpc) is 3.10. The van der Waals surface area contributed by atoms with Crippen molar-refractivity contribution in [3.8, 4) is 5.75 Å². The molecule has 0 amide bonds. The molecule has 0 saturated carbocycles. The monoisotopic (exact) mass is 501 g/mol. The number of anilines is 2. The van der Waals surface area contributed by atoms with E-state index < -0.39 is 9.84 Å². The molecule has 5 N–H and O–H groups in total. The number of nitrogens with one attached hydrogen (secondary N) is 1. The second kappa shape index (κ2) is 9.10. The fourth-order valence-electron chi connectivity index (χ4n) is 2.47. The van der Waals surface area contributed by atoms with Gasteiger partial charge in [0.15, 0.2) is 15.5 Å². The van der Waals surface area contributed by atoms with Crippen LogP contribution in [0.2, 0.25) is 15.5 Å². The van der Waals surface area contributed by atoms with Crippen molar-refractivity contribution >= 4 is 67.2 Å². The van der Waals surface area contributed by atoms with E-state index in [0.717, 1.165) is 0 Å². The third-order valence-electron chi connectivity index (χ3n) is 3.95. The molecule has 0 bridgehead atoms. The number of halogens is 3. The normalized spacial score (nSPS) is 11.1. The van der Waals surface area contributed by atoms with Gasteiger partial charge in [-0.15, -0.1) is 0 Å². The van der Waals surface area contributed by atoms with E-state index >= 15 is 0 Å². The number of nitrogens with zero attached hydrogens (tertiary/aromatic N) is 4. The van der Waals surface area contributed by atoms with Gasteiger partial charge in [0.05, 0.1) is 12.0 Å². The zero-order chi connectivity index (χ0) is 22.8. The largest absolute Gasteiger partial charge is 0.497 e. The summed E-state index contributed by atoms with van der Waals surface area (Å²) in [7, 11) is -2.36. The summed E-state index contributed by atoms with van der Waals surface area (Å²) in [5.41, 5.74) is 11.8. The number of fused-ring (bicyclic) bond motifs is 1. The summed E-state index contributed by atoms with van der Waals surface area (Å²) in [6, 6.07) is 5.99. The highest BCUT2D eigenvalue weighted by molar-refractivity contribution is 7.92. The summed E-state index contributed by atoms with van der Waals surface area (Å²) in [6.45, 7) is 0. The number of sulfone groups is 1. The van der Waals surface area contributed by atoms with Gasteiger partial charge in [0.1, 0.15) is 45.8 Å². The van der Waals surface area contributed by atoms with Gasteiger partial charge in [-0.05, 0) is 24.3 Å². The predicted octanol–water partition coefficient (Wildman–Crippen LogP) is 3.40. The van der Waals surface area contributed by atoms with Crippen molar-refractivity contribution in [2.24, 2.45) is 0 Å². The molecular weight excluding hydrogens is 489 g/mol. The molecule has 0 aliphatic rings. The van der Waals surface area contributed by atoms with Crippen molar-refractivity contribution in [2.75, 3.05) is 18.6 Å². The summed E-state index contributed by atoms with van der Waals surface area (Å²) in [5.74, 6) is 0.518. The van der Waals surface area contributed by atoms with Crippen LogP contribution in [0.4, 0.5) is 11.5 Å². The molecule has 0 atom stereocenters. The second-order valence-corrected chi connectivity index (χ2v) is 8.76. The second-order valence-electron chi connectivity index (χ2n) is 5.80. The van der Waals surface area contributed by atoms with E-state index in [0.29, 0.717) is 5.75 Å². The van der Waals surface area contributed by atoms with Crippen molar-refractivity contribution in [1.29, 1.82) is 0 Å². The molecule has 3 aromatic heterocycles. The Labute approximate surface area is 191 Å². The summed E-state index contributed by atoms with van der Waals surface area (Å²) in [6.07, 6.45) is 2.44. The Balaban J connectivity index is 0.000000254. The molecule has 4 rings (SSSR count). The van der Waals surface area contributed by atoms with E-state index in [-0.39, 0.29) is 47.8 Å². The standard InChI is InChI=1S/C13H11ClN4O3S.C4H3Cl2N3/c1-21-7-2-4-8(5-3-7)22(19,20)11-9-10(18-13(11)15)12(14)17-6-16-9;5-3-2(7)4(6)9-1-8-3/h2-6,18H,15H2,1H3;1H,7H2. The van der Waals surface area contributed by atoms with Gasteiger partial charge >= 0.3 is 0 Å². The van der Waals surface area contributed by atoms with Gasteiger partial charge in [0, 0.05) is 0 Å². The third kappa shape index (κ3) is 4.59. The van der Waals surface area contributed by atoms with Crippen molar-refractivity contribution in [2.45, 2.75) is 9.79 Å². The van der Waals surface area contributed by atoms with Crippen LogP contribution in [0, 0.1) is 0 Å². The smallest absolute Gasteiger partial charge is 0.212 e. The van der Waals surface area contributed by atoms with Crippen LogP contribution in [-0.2, 0) is 9.84 Å². The minimum absolute atomic E-state index is 0.0341. The van der Waals surface area contributed by atoms with E-state index in [1.165, 1.54) is 31.9 Å². The summed E-state index contributed by atoms with van der Waals surface area (Å²) < 4.78 is 30.6. The Kier molecular flexibility index (Phi) is 6.70. The number of aromatic nitrogens is 5. The zero-order valence-corrected chi connectivity index (χ0v) is 18.8. The molecule has 4 aromatic rings. The predicted molar refractivity (Wildman–Crippen MR) is 118 cm³/mol. The topological polar surface area (TPSA) is 163 Å². The Morgan fingerprint density at radius 3 is 2.00 bits per heavy atom. The van der Waals surface area contributed by atoms with E-state index in [9.17, 15) is 8.42 Å². The summed E-state index contributed by atoms with van der Waals surface area (Å²) >= 11 is 16.8. The molecule has 10 nitrogen and oxygen atoms in total. The maximum Gasteiger partial charge on any atom is 0.212 e. The van der Waals surface area contributed by atoms with Crippen LogP contribution in [0.1, 0.15) is 0 Å². The van der Waals surface area contributed by atoms with Gasteiger partial charge in [0.2, 0.25) is 9.84 Å². The van der Waals surface area contributed by atoms with Crippen LogP contribution in [0.5, 0.6) is 5.75 Å². The van der Waals surface area contributed by atoms with Gasteiger partial charge in [0.25, 0.3) is 0 Å². The van der Waals surface area contributed by atoms with Crippen LogP contribution < -0.4 is 16.2 Å². The maximum absolute atomic E-state index is 12.8. The fraction of sp³-hybridized carbons (Fsp3) is 0.0588. The van der Waals surface area contributed by atoms with Crippen LogP contribution in [-0.4, -0.2) is 40.4 Å². The first-order chi connectivity index (χ1) is 14.7. The average molecular weight is 503 g/mol. The minimum atomic E-state index is -3.86. The first kappa shape index (κ1) is 22.8. The van der Waals surface area contributed by atoms with Gasteiger partial charge in [-0.3, -0.25) is 0 Å². The van der Waals surface area contributed by atoms with Gasteiger partial charge in [-0.2, -0.15) is 0 Å². The van der Waals surface area contributed by atoms with Crippen LogP contribution in [0.15, 0.2) is 46.7 Å². The lowest BCUT2D eigenvalue weighted by Crippen LogP contribution is -2.05. The molecule has 0 radical (unpaired) electrons. The number of rotatable bonds is 3.